The van der Waals surface area contributed by atoms with E-state index in [4.69, 9.17) is 4.74 Å². The van der Waals surface area contributed by atoms with Crippen molar-refractivity contribution in [1.82, 2.24) is 0 Å². The largest absolute Gasteiger partial charge is 0.367 e. The first kappa shape index (κ1) is 15.5. The Morgan fingerprint density at radius 2 is 2.10 bits per heavy atom. The Balaban J connectivity index is 2.17. The normalized spacial score (nSPS) is 29.9. The third-order valence-corrected chi connectivity index (χ3v) is 4.76. The van der Waals surface area contributed by atoms with Crippen LogP contribution in [-0.4, -0.2) is 11.7 Å². The van der Waals surface area contributed by atoms with Gasteiger partial charge >= 0.3 is 0 Å². The molecule has 1 fully saturated rings. The van der Waals surface area contributed by atoms with E-state index in [9.17, 15) is 0 Å². The molecule has 0 radical (unpaired) electrons. The topological polar surface area (TPSA) is 9.23 Å². The minimum absolute atomic E-state index is 0.186. The van der Waals surface area contributed by atoms with Gasteiger partial charge in [-0.1, -0.05) is 46.3 Å². The summed E-state index contributed by atoms with van der Waals surface area (Å²) in [4.78, 5) is 0. The van der Waals surface area contributed by atoms with E-state index in [2.05, 4.69) is 67.2 Å². The number of hydrogen-bond donors (Lipinski definition) is 0. The maximum atomic E-state index is 6.34. The van der Waals surface area contributed by atoms with Crippen molar-refractivity contribution in [1.29, 1.82) is 0 Å². The third-order valence-electron chi connectivity index (χ3n) is 4.24. The van der Waals surface area contributed by atoms with Crippen molar-refractivity contribution in [2.45, 2.75) is 44.8 Å². The number of benzene rings is 1. The predicted molar refractivity (Wildman–Crippen MR) is 88.9 cm³/mol. The molecule has 0 amide bonds. The second-order valence-corrected chi connectivity index (χ2v) is 6.91. The van der Waals surface area contributed by atoms with E-state index in [0.29, 0.717) is 5.92 Å². The van der Waals surface area contributed by atoms with Crippen LogP contribution in [0.5, 0.6) is 0 Å². The van der Waals surface area contributed by atoms with Crippen molar-refractivity contribution in [2.24, 2.45) is 5.92 Å². The molecule has 0 unspecified atom stereocenters. The summed E-state index contributed by atoms with van der Waals surface area (Å²) in [6.07, 6.45) is 5.19. The highest BCUT2D eigenvalue weighted by Gasteiger charge is 2.36. The summed E-state index contributed by atoms with van der Waals surface area (Å²) in [6, 6.07) is 8.48. The second-order valence-electron chi connectivity index (χ2n) is 6.00. The van der Waals surface area contributed by atoms with Gasteiger partial charge in [0.15, 0.2) is 0 Å². The molecule has 2 rings (SSSR count). The van der Waals surface area contributed by atoms with Crippen molar-refractivity contribution < 1.29 is 4.74 Å². The molecule has 0 spiro atoms. The monoisotopic (exact) mass is 334 g/mol. The Kier molecular flexibility index (Phi) is 4.87. The summed E-state index contributed by atoms with van der Waals surface area (Å²) < 4.78 is 7.45. The van der Waals surface area contributed by atoms with E-state index in [1.807, 2.05) is 6.08 Å². The van der Waals surface area contributed by atoms with Crippen molar-refractivity contribution in [3.05, 3.63) is 59.1 Å². The SMILES string of the molecule is C=C[C@]1(C)CC[C@@H](C(=C)C)[C@H](Cc2ccc(Br)cc2)O1. The van der Waals surface area contributed by atoms with E-state index >= 15 is 0 Å². The van der Waals surface area contributed by atoms with Crippen molar-refractivity contribution in [2.75, 3.05) is 0 Å². The van der Waals surface area contributed by atoms with Gasteiger partial charge in [-0.3, -0.25) is 0 Å². The van der Waals surface area contributed by atoms with Crippen LogP contribution in [0.25, 0.3) is 0 Å². The zero-order valence-corrected chi connectivity index (χ0v) is 13.9. The van der Waals surface area contributed by atoms with Gasteiger partial charge in [0.2, 0.25) is 0 Å². The van der Waals surface area contributed by atoms with E-state index in [1.165, 1.54) is 11.1 Å². The first-order valence-electron chi connectivity index (χ1n) is 7.15. The highest BCUT2D eigenvalue weighted by atomic mass is 79.9. The molecule has 0 aliphatic carbocycles. The summed E-state index contributed by atoms with van der Waals surface area (Å²) in [6.45, 7) is 12.3. The molecule has 1 nitrogen and oxygen atoms in total. The molecule has 1 aliphatic rings. The van der Waals surface area contributed by atoms with Crippen LogP contribution in [0.15, 0.2) is 53.5 Å². The lowest BCUT2D eigenvalue weighted by atomic mass is 9.80. The fourth-order valence-electron chi connectivity index (χ4n) is 2.87. The Morgan fingerprint density at radius 3 is 2.65 bits per heavy atom. The van der Waals surface area contributed by atoms with E-state index < -0.39 is 0 Å². The van der Waals surface area contributed by atoms with Crippen LogP contribution in [0.2, 0.25) is 0 Å². The van der Waals surface area contributed by atoms with Crippen LogP contribution < -0.4 is 0 Å². The molecular weight excluding hydrogens is 312 g/mol. The Labute approximate surface area is 130 Å². The lowest BCUT2D eigenvalue weighted by Crippen LogP contribution is -2.43. The second kappa shape index (κ2) is 6.28. The molecule has 1 aliphatic heterocycles. The van der Waals surface area contributed by atoms with Gasteiger partial charge in [-0.25, -0.2) is 0 Å². The molecule has 3 atom stereocenters. The van der Waals surface area contributed by atoms with Crippen molar-refractivity contribution in [3.63, 3.8) is 0 Å². The van der Waals surface area contributed by atoms with Crippen LogP contribution in [0, 0.1) is 5.92 Å². The molecule has 1 aromatic carbocycles. The average molecular weight is 335 g/mol. The summed E-state index contributed by atoms with van der Waals surface area (Å²) in [5, 5.41) is 0. The fraction of sp³-hybridized carbons (Fsp3) is 0.444. The van der Waals surface area contributed by atoms with E-state index in [0.717, 1.165) is 23.7 Å². The highest BCUT2D eigenvalue weighted by Crippen LogP contribution is 2.37. The first-order chi connectivity index (χ1) is 9.43. The third kappa shape index (κ3) is 3.62. The van der Waals surface area contributed by atoms with Crippen LogP contribution in [-0.2, 0) is 11.2 Å². The smallest absolute Gasteiger partial charge is 0.0836 e. The van der Waals surface area contributed by atoms with E-state index in [1.54, 1.807) is 0 Å². The standard InChI is InChI=1S/C18H23BrO/c1-5-18(4)11-10-16(13(2)3)17(20-18)12-14-6-8-15(19)9-7-14/h5-9,16-17H,1-2,10-12H2,3-4H3/t16-,17-,18+/m0/s1. The predicted octanol–water partition coefficient (Wildman–Crippen LogP) is 5.31. The number of hydrogen-bond acceptors (Lipinski definition) is 1. The highest BCUT2D eigenvalue weighted by molar-refractivity contribution is 9.10. The molecule has 0 saturated carbocycles. The van der Waals surface area contributed by atoms with Gasteiger partial charge in [-0.15, -0.1) is 6.58 Å². The molecule has 0 bridgehead atoms. The quantitative estimate of drug-likeness (QED) is 0.678. The molecule has 0 N–H and O–H groups in total. The van der Waals surface area contributed by atoms with Crippen LogP contribution in [0.3, 0.4) is 0 Å². The van der Waals surface area contributed by atoms with Gasteiger partial charge in [0.05, 0.1) is 11.7 Å². The lowest BCUT2D eigenvalue weighted by Gasteiger charge is -2.42. The van der Waals surface area contributed by atoms with E-state index in [-0.39, 0.29) is 11.7 Å². The Bertz CT molecular complexity index is 491. The van der Waals surface area contributed by atoms with Gasteiger partial charge in [0, 0.05) is 10.4 Å². The maximum absolute atomic E-state index is 6.34. The van der Waals surface area contributed by atoms with Gasteiger partial charge in [-0.05, 0) is 50.8 Å². The zero-order chi connectivity index (χ0) is 14.8. The summed E-state index contributed by atoms with van der Waals surface area (Å²) in [5.41, 5.74) is 2.32. The number of ether oxygens (including phenoxy) is 1. The molecule has 20 heavy (non-hydrogen) atoms. The van der Waals surface area contributed by atoms with Crippen molar-refractivity contribution >= 4 is 15.9 Å². The molecule has 1 aromatic rings. The van der Waals surface area contributed by atoms with Crippen LogP contribution in [0.1, 0.15) is 32.3 Å². The summed E-state index contributed by atoms with van der Waals surface area (Å²) in [7, 11) is 0. The Hall–Kier alpha value is -0.860. The molecule has 108 valence electrons. The van der Waals surface area contributed by atoms with Crippen LogP contribution >= 0.6 is 15.9 Å². The minimum atomic E-state index is -0.202. The molecule has 0 aromatic heterocycles. The molecule has 2 heteroatoms. The van der Waals surface area contributed by atoms with Gasteiger partial charge in [-0.2, -0.15) is 0 Å². The first-order valence-corrected chi connectivity index (χ1v) is 7.94. The lowest BCUT2D eigenvalue weighted by molar-refractivity contribution is -0.109. The van der Waals surface area contributed by atoms with Crippen LogP contribution in [0.4, 0.5) is 0 Å². The minimum Gasteiger partial charge on any atom is -0.367 e. The summed E-state index contributed by atoms with van der Waals surface area (Å²) in [5.74, 6) is 0.437. The zero-order valence-electron chi connectivity index (χ0n) is 12.4. The summed E-state index contributed by atoms with van der Waals surface area (Å²) >= 11 is 3.48. The maximum Gasteiger partial charge on any atom is 0.0836 e. The number of halogens is 1. The fourth-order valence-corrected chi connectivity index (χ4v) is 3.13. The molecule has 1 saturated heterocycles. The molecular formula is C18H23BrO. The number of rotatable bonds is 4. The molecule has 1 heterocycles. The van der Waals surface area contributed by atoms with Gasteiger partial charge in [0.1, 0.15) is 0 Å². The Morgan fingerprint density at radius 1 is 1.45 bits per heavy atom. The van der Waals surface area contributed by atoms with Crippen molar-refractivity contribution in [3.8, 4) is 0 Å². The van der Waals surface area contributed by atoms with Gasteiger partial charge < -0.3 is 4.74 Å². The average Bonchev–Trinajstić information content (AvgIpc) is 2.41. The van der Waals surface area contributed by atoms with Gasteiger partial charge in [0.25, 0.3) is 0 Å².